The zero-order valence-electron chi connectivity index (χ0n) is 17.7. The highest BCUT2D eigenvalue weighted by Gasteiger charge is 2.29. The Kier molecular flexibility index (Phi) is 7.31. The lowest BCUT2D eigenvalue weighted by Crippen LogP contribution is -2.35. The van der Waals surface area contributed by atoms with E-state index in [9.17, 15) is 9.59 Å². The van der Waals surface area contributed by atoms with Crippen molar-refractivity contribution in [2.75, 3.05) is 27.3 Å². The van der Waals surface area contributed by atoms with Gasteiger partial charge in [0.1, 0.15) is 12.2 Å². The molecule has 0 bridgehead atoms. The van der Waals surface area contributed by atoms with Gasteiger partial charge in [-0.15, -0.1) is 6.58 Å². The number of cyclic esters (lactones) is 1. The Hall–Kier alpha value is -2.96. The number of methoxy groups -OCH3 is 1. The summed E-state index contributed by atoms with van der Waals surface area (Å²) in [5, 5.41) is 0. The third-order valence-electron chi connectivity index (χ3n) is 4.16. The van der Waals surface area contributed by atoms with Crippen LogP contribution >= 0.6 is 0 Å². The summed E-state index contributed by atoms with van der Waals surface area (Å²) in [7, 11) is 3.18. The van der Waals surface area contributed by atoms with Gasteiger partial charge in [-0.2, -0.15) is 0 Å². The molecule has 0 aromatic heterocycles. The largest absolute Gasteiger partial charge is 0.493 e. The summed E-state index contributed by atoms with van der Waals surface area (Å²) in [4.78, 5) is 25.8. The van der Waals surface area contributed by atoms with Crippen molar-refractivity contribution in [3.8, 4) is 11.5 Å². The van der Waals surface area contributed by atoms with Crippen LogP contribution in [0.25, 0.3) is 0 Å². The first kappa shape index (κ1) is 22.3. The summed E-state index contributed by atoms with van der Waals surface area (Å²) in [5.74, 6) is 0.543. The lowest BCUT2D eigenvalue weighted by molar-refractivity contribution is -0.138. The summed E-state index contributed by atoms with van der Waals surface area (Å²) in [6.07, 6.45) is 2.44. The molecule has 0 N–H and O–H groups in total. The van der Waals surface area contributed by atoms with Gasteiger partial charge in [-0.05, 0) is 51.3 Å². The van der Waals surface area contributed by atoms with Crippen molar-refractivity contribution in [1.82, 2.24) is 4.90 Å². The van der Waals surface area contributed by atoms with E-state index in [-0.39, 0.29) is 12.4 Å². The standard InChI is InChI=1S/C22H29NO6/c1-7-8-15-9-10-17(26-6)18(13-15)28-19-16(14-27-20(19)24)11-12-23(5)21(25)29-22(2,3)4/h7,9-10,13H,1,8,11-12,14H2,2-6H3. The van der Waals surface area contributed by atoms with Crippen LogP contribution in [0.2, 0.25) is 0 Å². The van der Waals surface area contributed by atoms with E-state index >= 15 is 0 Å². The van der Waals surface area contributed by atoms with Gasteiger partial charge in [-0.25, -0.2) is 9.59 Å². The number of esters is 1. The number of rotatable bonds is 8. The van der Waals surface area contributed by atoms with E-state index in [0.717, 1.165) is 5.56 Å². The Morgan fingerprint density at radius 3 is 2.66 bits per heavy atom. The van der Waals surface area contributed by atoms with Crippen LogP contribution in [0.5, 0.6) is 11.5 Å². The van der Waals surface area contributed by atoms with Gasteiger partial charge in [-0.3, -0.25) is 0 Å². The predicted molar refractivity (Wildman–Crippen MR) is 109 cm³/mol. The SMILES string of the molecule is C=CCc1ccc(OC)c(OC2=C(CCN(C)C(=O)OC(C)(C)C)COC2=O)c1. The summed E-state index contributed by atoms with van der Waals surface area (Å²) in [5.41, 5.74) is 1.09. The van der Waals surface area contributed by atoms with E-state index in [0.29, 0.717) is 36.5 Å². The van der Waals surface area contributed by atoms with E-state index in [1.54, 1.807) is 19.2 Å². The third kappa shape index (κ3) is 6.27. The van der Waals surface area contributed by atoms with Crippen molar-refractivity contribution in [3.05, 3.63) is 47.7 Å². The number of allylic oxidation sites excluding steroid dienone is 1. The zero-order chi connectivity index (χ0) is 21.6. The average molecular weight is 403 g/mol. The number of carbonyl (C=O) groups excluding carboxylic acids is 2. The molecule has 7 nitrogen and oxygen atoms in total. The van der Waals surface area contributed by atoms with Crippen LogP contribution in [0, 0.1) is 0 Å². The van der Waals surface area contributed by atoms with Crippen LogP contribution in [0.4, 0.5) is 4.79 Å². The smallest absolute Gasteiger partial charge is 0.410 e. The third-order valence-corrected chi connectivity index (χ3v) is 4.16. The molecule has 1 aliphatic rings. The molecule has 0 atom stereocenters. The number of hydrogen-bond acceptors (Lipinski definition) is 6. The second-order valence-corrected chi connectivity index (χ2v) is 7.74. The van der Waals surface area contributed by atoms with Crippen LogP contribution in [-0.4, -0.2) is 49.9 Å². The average Bonchev–Trinajstić information content (AvgIpc) is 2.98. The molecule has 1 heterocycles. The number of hydrogen-bond donors (Lipinski definition) is 0. The van der Waals surface area contributed by atoms with Crippen LogP contribution in [0.3, 0.4) is 0 Å². The van der Waals surface area contributed by atoms with Crippen molar-refractivity contribution in [3.63, 3.8) is 0 Å². The molecule has 0 radical (unpaired) electrons. The molecular formula is C22H29NO6. The highest BCUT2D eigenvalue weighted by molar-refractivity contribution is 5.90. The molecule has 1 aromatic rings. The Balaban J connectivity index is 2.14. The van der Waals surface area contributed by atoms with Gasteiger partial charge >= 0.3 is 12.1 Å². The van der Waals surface area contributed by atoms with Gasteiger partial charge in [0, 0.05) is 19.2 Å². The minimum atomic E-state index is -0.571. The minimum absolute atomic E-state index is 0.130. The summed E-state index contributed by atoms with van der Waals surface area (Å²) in [6.45, 7) is 9.66. The van der Waals surface area contributed by atoms with Gasteiger partial charge in [0.05, 0.1) is 7.11 Å². The Labute approximate surface area is 171 Å². The first-order chi connectivity index (χ1) is 13.6. The van der Waals surface area contributed by atoms with Crippen molar-refractivity contribution >= 4 is 12.1 Å². The molecule has 29 heavy (non-hydrogen) atoms. The fourth-order valence-electron chi connectivity index (χ4n) is 2.67. The first-order valence-corrected chi connectivity index (χ1v) is 9.43. The van der Waals surface area contributed by atoms with E-state index in [4.69, 9.17) is 18.9 Å². The topological polar surface area (TPSA) is 74.3 Å². The van der Waals surface area contributed by atoms with Crippen LogP contribution < -0.4 is 9.47 Å². The molecule has 0 unspecified atom stereocenters. The first-order valence-electron chi connectivity index (χ1n) is 9.43. The number of carbonyl (C=O) groups is 2. The zero-order valence-corrected chi connectivity index (χ0v) is 17.7. The van der Waals surface area contributed by atoms with E-state index in [1.807, 2.05) is 32.9 Å². The van der Waals surface area contributed by atoms with Gasteiger partial charge < -0.3 is 23.8 Å². The quantitative estimate of drug-likeness (QED) is 0.485. The number of ether oxygens (including phenoxy) is 4. The lowest BCUT2D eigenvalue weighted by Gasteiger charge is -2.24. The maximum atomic E-state index is 12.2. The lowest BCUT2D eigenvalue weighted by atomic mass is 10.1. The Morgan fingerprint density at radius 1 is 1.31 bits per heavy atom. The predicted octanol–water partition coefficient (Wildman–Crippen LogP) is 3.87. The molecule has 1 amide bonds. The molecule has 2 rings (SSSR count). The van der Waals surface area contributed by atoms with Gasteiger partial charge in [0.2, 0.25) is 5.76 Å². The van der Waals surface area contributed by atoms with E-state index < -0.39 is 17.7 Å². The number of benzene rings is 1. The number of amides is 1. The van der Waals surface area contributed by atoms with Crippen LogP contribution in [0.1, 0.15) is 32.8 Å². The molecule has 7 heteroatoms. The van der Waals surface area contributed by atoms with Gasteiger partial charge in [0.15, 0.2) is 11.5 Å². The van der Waals surface area contributed by atoms with Crippen molar-refractivity contribution in [1.29, 1.82) is 0 Å². The van der Waals surface area contributed by atoms with E-state index in [2.05, 4.69) is 6.58 Å². The summed E-state index contributed by atoms with van der Waals surface area (Å²) >= 11 is 0. The van der Waals surface area contributed by atoms with Gasteiger partial charge in [0.25, 0.3) is 0 Å². The molecule has 0 saturated heterocycles. The number of nitrogens with zero attached hydrogens (tertiary/aromatic N) is 1. The van der Waals surface area contributed by atoms with E-state index in [1.165, 1.54) is 12.0 Å². The van der Waals surface area contributed by atoms with Crippen LogP contribution in [-0.2, 0) is 20.7 Å². The molecule has 0 aliphatic carbocycles. The fraction of sp³-hybridized carbons (Fsp3) is 0.455. The summed E-state index contributed by atoms with van der Waals surface area (Å²) < 4.78 is 21.7. The Bertz CT molecular complexity index is 806. The normalized spacial score (nSPS) is 13.8. The molecule has 0 saturated carbocycles. The fourth-order valence-corrected chi connectivity index (χ4v) is 2.67. The molecule has 0 fully saturated rings. The molecule has 158 valence electrons. The van der Waals surface area contributed by atoms with Crippen molar-refractivity contribution < 1.29 is 28.5 Å². The second kappa shape index (κ2) is 9.49. The highest BCUT2D eigenvalue weighted by atomic mass is 16.6. The Morgan fingerprint density at radius 2 is 2.03 bits per heavy atom. The monoisotopic (exact) mass is 403 g/mol. The van der Waals surface area contributed by atoms with Crippen molar-refractivity contribution in [2.24, 2.45) is 0 Å². The maximum absolute atomic E-state index is 12.2. The molecule has 1 aliphatic heterocycles. The molecule has 0 spiro atoms. The summed E-state index contributed by atoms with van der Waals surface area (Å²) in [6, 6.07) is 5.50. The van der Waals surface area contributed by atoms with Crippen LogP contribution in [0.15, 0.2) is 42.2 Å². The van der Waals surface area contributed by atoms with Crippen molar-refractivity contribution in [2.45, 2.75) is 39.2 Å². The maximum Gasteiger partial charge on any atom is 0.410 e. The molecular weight excluding hydrogens is 374 g/mol. The molecule has 1 aromatic carbocycles. The highest BCUT2D eigenvalue weighted by Crippen LogP contribution is 2.32. The van der Waals surface area contributed by atoms with Gasteiger partial charge in [-0.1, -0.05) is 12.1 Å². The second-order valence-electron chi connectivity index (χ2n) is 7.74. The minimum Gasteiger partial charge on any atom is -0.493 e.